The Morgan fingerprint density at radius 1 is 1.12 bits per heavy atom. The van der Waals surface area contributed by atoms with Crippen LogP contribution in [-0.2, 0) is 11.2 Å². The first-order chi connectivity index (χ1) is 11.6. The van der Waals surface area contributed by atoms with Gasteiger partial charge >= 0.3 is 5.97 Å². The zero-order chi connectivity index (χ0) is 16.9. The number of rotatable bonds is 5. The zero-order valence-electron chi connectivity index (χ0n) is 14.0. The number of carbonyl (C=O) groups is 1. The molecule has 134 valence electrons. The average Bonchev–Trinajstić information content (AvgIpc) is 2.61. The minimum Gasteiger partial charge on any atom is -0.481 e. The number of carboxylic acids is 1. The molecule has 2 atom stereocenters. The van der Waals surface area contributed by atoms with E-state index in [1.807, 2.05) is 18.2 Å². The van der Waals surface area contributed by atoms with Crippen LogP contribution >= 0.6 is 12.4 Å². The van der Waals surface area contributed by atoms with E-state index in [1.54, 1.807) is 12.1 Å². The monoisotopic (exact) mass is 363 g/mol. The smallest absolute Gasteiger partial charge is 0.307 e. The first-order valence-corrected chi connectivity index (χ1v) is 8.38. The van der Waals surface area contributed by atoms with Gasteiger partial charge in [-0.3, -0.25) is 4.79 Å². The maximum atomic E-state index is 13.2. The highest BCUT2D eigenvalue weighted by atomic mass is 35.5. The Balaban J connectivity index is 0.00000225. The molecule has 1 aliphatic rings. The number of halogens is 2. The quantitative estimate of drug-likeness (QED) is 0.873. The Bertz CT molecular complexity index is 678. The van der Waals surface area contributed by atoms with E-state index in [2.05, 4.69) is 17.0 Å². The zero-order valence-corrected chi connectivity index (χ0v) is 14.8. The molecule has 5 heteroatoms. The molecule has 1 fully saturated rings. The van der Waals surface area contributed by atoms with Gasteiger partial charge in [0.2, 0.25) is 0 Å². The SMILES string of the molecule is Cl.O=C(O)[C@@H]1CCN(CCc2ccccc2)C[C@H]1c1ccc(F)cc1. The van der Waals surface area contributed by atoms with Gasteiger partial charge in [0.05, 0.1) is 5.92 Å². The van der Waals surface area contributed by atoms with E-state index in [0.29, 0.717) is 13.0 Å². The van der Waals surface area contributed by atoms with Crippen molar-refractivity contribution in [2.75, 3.05) is 19.6 Å². The Hall–Kier alpha value is -1.91. The summed E-state index contributed by atoms with van der Waals surface area (Å²) in [6, 6.07) is 16.6. The number of aliphatic carboxylic acids is 1. The van der Waals surface area contributed by atoms with Crippen LogP contribution in [0, 0.1) is 11.7 Å². The molecule has 2 aromatic carbocycles. The van der Waals surface area contributed by atoms with Crippen LogP contribution in [0.25, 0.3) is 0 Å². The molecule has 1 saturated heterocycles. The van der Waals surface area contributed by atoms with Crippen molar-refractivity contribution in [2.45, 2.75) is 18.8 Å². The predicted octanol–water partition coefficient (Wildman–Crippen LogP) is 3.98. The lowest BCUT2D eigenvalue weighted by Gasteiger charge is -2.37. The van der Waals surface area contributed by atoms with Gasteiger partial charge in [-0.15, -0.1) is 12.4 Å². The number of nitrogens with zero attached hydrogens (tertiary/aromatic N) is 1. The van der Waals surface area contributed by atoms with Gasteiger partial charge in [-0.25, -0.2) is 4.39 Å². The lowest BCUT2D eigenvalue weighted by atomic mass is 9.80. The molecule has 1 heterocycles. The predicted molar refractivity (Wildman–Crippen MR) is 98.7 cm³/mol. The molecule has 1 N–H and O–H groups in total. The number of benzene rings is 2. The van der Waals surface area contributed by atoms with Gasteiger partial charge in [-0.2, -0.15) is 0 Å². The topological polar surface area (TPSA) is 40.5 Å². The minimum atomic E-state index is -0.757. The molecule has 0 aromatic heterocycles. The van der Waals surface area contributed by atoms with E-state index < -0.39 is 11.9 Å². The van der Waals surface area contributed by atoms with Crippen molar-refractivity contribution >= 4 is 18.4 Å². The van der Waals surface area contributed by atoms with Gasteiger partial charge < -0.3 is 10.0 Å². The Kier molecular flexibility index (Phi) is 6.97. The second-order valence-electron chi connectivity index (χ2n) is 6.43. The molecule has 0 aliphatic carbocycles. The third-order valence-electron chi connectivity index (χ3n) is 4.87. The molecule has 25 heavy (non-hydrogen) atoms. The van der Waals surface area contributed by atoms with Gasteiger partial charge in [-0.1, -0.05) is 42.5 Å². The summed E-state index contributed by atoms with van der Waals surface area (Å²) in [5.74, 6) is -1.54. The summed E-state index contributed by atoms with van der Waals surface area (Å²) in [6.07, 6.45) is 1.58. The van der Waals surface area contributed by atoms with E-state index >= 15 is 0 Å². The normalized spacial score (nSPS) is 20.7. The molecule has 0 amide bonds. The van der Waals surface area contributed by atoms with Crippen LogP contribution in [0.3, 0.4) is 0 Å². The van der Waals surface area contributed by atoms with Crippen molar-refractivity contribution in [1.29, 1.82) is 0 Å². The van der Waals surface area contributed by atoms with E-state index in [1.165, 1.54) is 17.7 Å². The summed E-state index contributed by atoms with van der Waals surface area (Å²) >= 11 is 0. The fourth-order valence-electron chi connectivity index (χ4n) is 3.50. The highest BCUT2D eigenvalue weighted by Gasteiger charge is 2.34. The Morgan fingerprint density at radius 2 is 1.80 bits per heavy atom. The van der Waals surface area contributed by atoms with E-state index in [0.717, 1.165) is 25.1 Å². The van der Waals surface area contributed by atoms with E-state index in [4.69, 9.17) is 0 Å². The van der Waals surface area contributed by atoms with Crippen LogP contribution in [0.1, 0.15) is 23.5 Å². The molecular weight excluding hydrogens is 341 g/mol. The molecule has 0 bridgehead atoms. The first-order valence-electron chi connectivity index (χ1n) is 8.38. The first kappa shape index (κ1) is 19.4. The minimum absolute atomic E-state index is 0. The van der Waals surface area contributed by atoms with E-state index in [9.17, 15) is 14.3 Å². The third kappa shape index (κ3) is 5.03. The van der Waals surface area contributed by atoms with Crippen molar-refractivity contribution in [1.82, 2.24) is 4.90 Å². The number of carboxylic acid groups (broad SMARTS) is 1. The average molecular weight is 364 g/mol. The molecule has 2 aromatic rings. The molecule has 3 rings (SSSR count). The third-order valence-corrected chi connectivity index (χ3v) is 4.87. The van der Waals surface area contributed by atoms with E-state index in [-0.39, 0.29) is 24.1 Å². The molecule has 3 nitrogen and oxygen atoms in total. The van der Waals surface area contributed by atoms with Crippen LogP contribution in [0.15, 0.2) is 54.6 Å². The Morgan fingerprint density at radius 3 is 2.44 bits per heavy atom. The second-order valence-corrected chi connectivity index (χ2v) is 6.43. The number of hydrogen-bond donors (Lipinski definition) is 1. The maximum Gasteiger partial charge on any atom is 0.307 e. The molecule has 0 saturated carbocycles. The summed E-state index contributed by atoms with van der Waals surface area (Å²) < 4.78 is 13.2. The van der Waals surface area contributed by atoms with Crippen LogP contribution in [-0.4, -0.2) is 35.6 Å². The lowest BCUT2D eigenvalue weighted by molar-refractivity contribution is -0.144. The van der Waals surface area contributed by atoms with Crippen LogP contribution in [0.4, 0.5) is 4.39 Å². The van der Waals surface area contributed by atoms with Crippen molar-refractivity contribution in [2.24, 2.45) is 5.92 Å². The number of piperidine rings is 1. The summed E-state index contributed by atoms with van der Waals surface area (Å²) in [7, 11) is 0. The highest BCUT2D eigenvalue weighted by molar-refractivity contribution is 5.85. The summed E-state index contributed by atoms with van der Waals surface area (Å²) in [6.45, 7) is 2.41. The number of hydrogen-bond acceptors (Lipinski definition) is 2. The van der Waals surface area contributed by atoms with Gasteiger partial charge in [0.15, 0.2) is 0 Å². The summed E-state index contributed by atoms with van der Waals surface area (Å²) in [5, 5.41) is 9.53. The van der Waals surface area contributed by atoms with Gasteiger partial charge in [-0.05, 0) is 42.6 Å². The molecule has 0 unspecified atom stereocenters. The number of likely N-dealkylation sites (tertiary alicyclic amines) is 1. The fraction of sp³-hybridized carbons (Fsp3) is 0.350. The molecule has 1 aliphatic heterocycles. The fourth-order valence-corrected chi connectivity index (χ4v) is 3.50. The highest BCUT2D eigenvalue weighted by Crippen LogP contribution is 2.33. The van der Waals surface area contributed by atoms with Gasteiger partial charge in [0, 0.05) is 19.0 Å². The van der Waals surface area contributed by atoms with Crippen LogP contribution < -0.4 is 0 Å². The summed E-state index contributed by atoms with van der Waals surface area (Å²) in [4.78, 5) is 13.9. The van der Waals surface area contributed by atoms with Crippen molar-refractivity contribution in [3.8, 4) is 0 Å². The van der Waals surface area contributed by atoms with Crippen LogP contribution in [0.2, 0.25) is 0 Å². The van der Waals surface area contributed by atoms with Crippen molar-refractivity contribution in [3.05, 3.63) is 71.5 Å². The largest absolute Gasteiger partial charge is 0.481 e. The van der Waals surface area contributed by atoms with Gasteiger partial charge in [0.25, 0.3) is 0 Å². The molecular formula is C20H23ClFNO2. The molecule has 0 spiro atoms. The standard InChI is InChI=1S/C20H22FNO2.ClH/c21-17-8-6-16(7-9-17)19-14-22(13-11-18(19)20(23)24)12-10-15-4-2-1-3-5-15;/h1-9,18-19H,10-14H2,(H,23,24);1H/t18-,19+;/m1./s1. The lowest BCUT2D eigenvalue weighted by Crippen LogP contribution is -2.42. The van der Waals surface area contributed by atoms with Crippen molar-refractivity contribution < 1.29 is 14.3 Å². The maximum absolute atomic E-state index is 13.2. The Labute approximate surface area is 153 Å². The molecule has 0 radical (unpaired) electrons. The second kappa shape index (κ2) is 8.97. The van der Waals surface area contributed by atoms with Crippen LogP contribution in [0.5, 0.6) is 0 Å². The van der Waals surface area contributed by atoms with Gasteiger partial charge in [0.1, 0.15) is 5.82 Å². The van der Waals surface area contributed by atoms with Crippen molar-refractivity contribution in [3.63, 3.8) is 0 Å². The summed E-state index contributed by atoms with van der Waals surface area (Å²) in [5.41, 5.74) is 2.20.